The Morgan fingerprint density at radius 1 is 1.17 bits per heavy atom. The molecule has 1 fully saturated rings. The van der Waals surface area contributed by atoms with Gasteiger partial charge < -0.3 is 14.8 Å². The summed E-state index contributed by atoms with van der Waals surface area (Å²) in [7, 11) is 0. The lowest BCUT2D eigenvalue weighted by atomic mass is 9.96. The first-order chi connectivity index (χ1) is 8.88. The van der Waals surface area contributed by atoms with Gasteiger partial charge in [-0.2, -0.15) is 0 Å². The van der Waals surface area contributed by atoms with Crippen molar-refractivity contribution in [2.24, 2.45) is 0 Å². The van der Waals surface area contributed by atoms with E-state index >= 15 is 0 Å². The molecule has 3 nitrogen and oxygen atoms in total. The predicted molar refractivity (Wildman–Crippen MR) is 72.9 cm³/mol. The van der Waals surface area contributed by atoms with Crippen molar-refractivity contribution in [1.82, 2.24) is 5.32 Å². The first-order valence-electron chi connectivity index (χ1n) is 6.92. The van der Waals surface area contributed by atoms with E-state index in [-0.39, 0.29) is 0 Å². The van der Waals surface area contributed by atoms with Crippen molar-refractivity contribution in [3.05, 3.63) is 29.8 Å². The molecule has 0 spiro atoms. The molecule has 100 valence electrons. The average molecular weight is 249 g/mol. The van der Waals surface area contributed by atoms with Gasteiger partial charge in [0, 0.05) is 6.54 Å². The fourth-order valence-electron chi connectivity index (χ4n) is 1.88. The quantitative estimate of drug-likeness (QED) is 0.719. The van der Waals surface area contributed by atoms with E-state index in [1.165, 1.54) is 24.8 Å². The fraction of sp³-hybridized carbons (Fsp3) is 0.600. The van der Waals surface area contributed by atoms with Gasteiger partial charge in [-0.25, -0.2) is 0 Å². The van der Waals surface area contributed by atoms with Crippen LogP contribution >= 0.6 is 0 Å². The smallest absolute Gasteiger partial charge is 0.119 e. The van der Waals surface area contributed by atoms with E-state index in [2.05, 4.69) is 24.4 Å². The lowest BCUT2D eigenvalue weighted by Gasteiger charge is -2.25. The van der Waals surface area contributed by atoms with Crippen molar-refractivity contribution in [3.63, 3.8) is 0 Å². The maximum Gasteiger partial charge on any atom is 0.119 e. The fourth-order valence-corrected chi connectivity index (χ4v) is 1.88. The van der Waals surface area contributed by atoms with Gasteiger partial charge in [-0.1, -0.05) is 19.1 Å². The number of hydrogen-bond donors (Lipinski definition) is 1. The zero-order chi connectivity index (χ0) is 12.6. The van der Waals surface area contributed by atoms with Gasteiger partial charge in [0.1, 0.15) is 12.4 Å². The van der Waals surface area contributed by atoms with Crippen LogP contribution in [0.25, 0.3) is 0 Å². The third-order valence-corrected chi connectivity index (χ3v) is 3.26. The number of nitrogens with one attached hydrogen (secondary N) is 1. The van der Waals surface area contributed by atoms with E-state index in [1.54, 1.807) is 0 Å². The van der Waals surface area contributed by atoms with Crippen molar-refractivity contribution in [1.29, 1.82) is 0 Å². The Labute approximate surface area is 109 Å². The van der Waals surface area contributed by atoms with Crippen molar-refractivity contribution in [2.75, 3.05) is 19.8 Å². The predicted octanol–water partition coefficient (Wildman–Crippen LogP) is 2.74. The molecule has 1 aliphatic rings. The van der Waals surface area contributed by atoms with Gasteiger partial charge in [-0.05, 0) is 43.5 Å². The first kappa shape index (κ1) is 13.4. The zero-order valence-electron chi connectivity index (χ0n) is 11.2. The number of ether oxygens (including phenoxy) is 2. The number of hydrogen-bond acceptors (Lipinski definition) is 3. The molecule has 0 unspecified atom stereocenters. The monoisotopic (exact) mass is 249 g/mol. The summed E-state index contributed by atoms with van der Waals surface area (Å²) < 4.78 is 11.3. The molecule has 1 saturated carbocycles. The second-order valence-electron chi connectivity index (χ2n) is 4.70. The molecule has 0 radical (unpaired) electrons. The Hall–Kier alpha value is -1.06. The Kier molecular flexibility index (Phi) is 5.49. The third-order valence-electron chi connectivity index (χ3n) is 3.26. The Morgan fingerprint density at radius 2 is 1.94 bits per heavy atom. The van der Waals surface area contributed by atoms with Gasteiger partial charge >= 0.3 is 0 Å². The van der Waals surface area contributed by atoms with Crippen molar-refractivity contribution < 1.29 is 9.47 Å². The molecular weight excluding hydrogens is 226 g/mol. The van der Waals surface area contributed by atoms with Crippen LogP contribution in [0.4, 0.5) is 0 Å². The minimum Gasteiger partial charge on any atom is -0.491 e. The largest absolute Gasteiger partial charge is 0.491 e. The van der Waals surface area contributed by atoms with Crippen LogP contribution in [0.2, 0.25) is 0 Å². The third kappa shape index (κ3) is 4.31. The van der Waals surface area contributed by atoms with Gasteiger partial charge in [0.05, 0.1) is 12.7 Å². The van der Waals surface area contributed by atoms with Gasteiger partial charge in [-0.15, -0.1) is 0 Å². The number of rotatable bonds is 8. The van der Waals surface area contributed by atoms with Crippen LogP contribution in [-0.2, 0) is 11.3 Å². The molecule has 3 heteroatoms. The molecule has 0 bridgehead atoms. The van der Waals surface area contributed by atoms with Gasteiger partial charge in [-0.3, -0.25) is 0 Å². The molecule has 0 saturated heterocycles. The van der Waals surface area contributed by atoms with E-state index in [0.29, 0.717) is 19.3 Å². The molecule has 0 aromatic heterocycles. The van der Waals surface area contributed by atoms with E-state index in [1.807, 2.05) is 12.1 Å². The highest BCUT2D eigenvalue weighted by molar-refractivity contribution is 5.27. The summed E-state index contributed by atoms with van der Waals surface area (Å²) in [5.41, 5.74) is 1.29. The van der Waals surface area contributed by atoms with Gasteiger partial charge in [0.25, 0.3) is 0 Å². The average Bonchev–Trinajstić information content (AvgIpc) is 2.35. The summed E-state index contributed by atoms with van der Waals surface area (Å²) in [6.07, 6.45) is 4.26. The molecule has 0 aliphatic heterocycles. The van der Waals surface area contributed by atoms with Crippen LogP contribution in [0, 0.1) is 0 Å². The highest BCUT2D eigenvalue weighted by atomic mass is 16.5. The first-order valence-corrected chi connectivity index (χ1v) is 6.92. The van der Waals surface area contributed by atoms with Crippen LogP contribution in [0.3, 0.4) is 0 Å². The molecule has 1 N–H and O–H groups in total. The minimum atomic E-state index is 0.496. The van der Waals surface area contributed by atoms with E-state index in [0.717, 1.165) is 18.8 Å². The molecule has 1 aliphatic carbocycles. The maximum atomic E-state index is 5.64. The zero-order valence-corrected chi connectivity index (χ0v) is 11.2. The van der Waals surface area contributed by atoms with Gasteiger partial charge in [0.2, 0.25) is 0 Å². The lowest BCUT2D eigenvalue weighted by Crippen LogP contribution is -2.23. The minimum absolute atomic E-state index is 0.496. The van der Waals surface area contributed by atoms with Crippen LogP contribution < -0.4 is 10.1 Å². The summed E-state index contributed by atoms with van der Waals surface area (Å²) in [4.78, 5) is 0. The maximum absolute atomic E-state index is 5.64. The normalized spacial score (nSPS) is 15.4. The molecule has 1 aromatic rings. The summed E-state index contributed by atoms with van der Waals surface area (Å²) in [6, 6.07) is 8.25. The van der Waals surface area contributed by atoms with E-state index in [4.69, 9.17) is 9.47 Å². The molecule has 0 atom stereocenters. The lowest BCUT2D eigenvalue weighted by molar-refractivity contribution is -0.0103. The Balaban J connectivity index is 1.62. The Morgan fingerprint density at radius 3 is 2.56 bits per heavy atom. The summed E-state index contributed by atoms with van der Waals surface area (Å²) in [6.45, 7) is 5.37. The van der Waals surface area contributed by atoms with Crippen molar-refractivity contribution in [3.8, 4) is 5.75 Å². The SMILES string of the molecule is CCNCc1ccc(OCCOC2CCC2)cc1. The highest BCUT2D eigenvalue weighted by Crippen LogP contribution is 2.21. The molecular formula is C15H23NO2. The van der Waals surface area contributed by atoms with Crippen LogP contribution in [0.1, 0.15) is 31.7 Å². The number of benzene rings is 1. The standard InChI is InChI=1S/C15H23NO2/c1-2-16-12-13-6-8-15(9-7-13)18-11-10-17-14-4-3-5-14/h6-9,14,16H,2-5,10-12H2,1H3. The van der Waals surface area contributed by atoms with Gasteiger partial charge in [0.15, 0.2) is 0 Å². The summed E-state index contributed by atoms with van der Waals surface area (Å²) in [5.74, 6) is 0.924. The second-order valence-corrected chi connectivity index (χ2v) is 4.70. The van der Waals surface area contributed by atoms with Crippen molar-refractivity contribution in [2.45, 2.75) is 38.8 Å². The van der Waals surface area contributed by atoms with E-state index in [9.17, 15) is 0 Å². The van der Waals surface area contributed by atoms with Crippen LogP contribution in [0.5, 0.6) is 5.75 Å². The Bertz CT molecular complexity index is 333. The summed E-state index contributed by atoms with van der Waals surface area (Å²) in [5, 5.41) is 3.30. The molecule has 2 rings (SSSR count). The molecule has 1 aromatic carbocycles. The van der Waals surface area contributed by atoms with Crippen LogP contribution in [-0.4, -0.2) is 25.9 Å². The van der Waals surface area contributed by atoms with Crippen LogP contribution in [0.15, 0.2) is 24.3 Å². The summed E-state index contributed by atoms with van der Waals surface area (Å²) >= 11 is 0. The van der Waals surface area contributed by atoms with E-state index < -0.39 is 0 Å². The highest BCUT2D eigenvalue weighted by Gasteiger charge is 2.17. The topological polar surface area (TPSA) is 30.5 Å². The molecule has 18 heavy (non-hydrogen) atoms. The molecule has 0 amide bonds. The second kappa shape index (κ2) is 7.39. The molecule has 0 heterocycles. The van der Waals surface area contributed by atoms with Crippen molar-refractivity contribution >= 4 is 0 Å².